The van der Waals surface area contributed by atoms with E-state index in [1.165, 1.54) is 33.6 Å². The summed E-state index contributed by atoms with van der Waals surface area (Å²) >= 11 is 0. The van der Waals surface area contributed by atoms with E-state index < -0.39 is 0 Å². The lowest BCUT2D eigenvalue weighted by atomic mass is 9.78. The van der Waals surface area contributed by atoms with Gasteiger partial charge in [0.1, 0.15) is 0 Å². The molecule has 0 atom stereocenters. The van der Waals surface area contributed by atoms with E-state index in [1.54, 1.807) is 0 Å². The molecule has 0 fully saturated rings. The predicted octanol–water partition coefficient (Wildman–Crippen LogP) is 9.28. The molecule has 0 aliphatic heterocycles. The first-order valence-corrected chi connectivity index (χ1v) is 12.6. The third-order valence-electron chi connectivity index (χ3n) is 7.36. The molecule has 0 N–H and O–H groups in total. The van der Waals surface area contributed by atoms with Crippen LogP contribution in [-0.2, 0) is 10.8 Å². The number of hydrogen-bond acceptors (Lipinski definition) is 1. The van der Waals surface area contributed by atoms with Gasteiger partial charge in [-0.15, -0.1) is 0 Å². The van der Waals surface area contributed by atoms with Gasteiger partial charge in [0.05, 0.1) is 0 Å². The Kier molecular flexibility index (Phi) is 6.64. The van der Waals surface area contributed by atoms with Crippen molar-refractivity contribution in [3.8, 4) is 0 Å². The van der Waals surface area contributed by atoms with Gasteiger partial charge in [-0.1, -0.05) is 113 Å². The Morgan fingerprint density at radius 1 is 0.371 bits per heavy atom. The fraction of sp³-hybridized carbons (Fsp3) is 0.294. The fourth-order valence-electron chi connectivity index (χ4n) is 5.02. The molecule has 0 heterocycles. The van der Waals surface area contributed by atoms with E-state index in [0.29, 0.717) is 0 Å². The summed E-state index contributed by atoms with van der Waals surface area (Å²) in [6.07, 6.45) is 0. The van der Waals surface area contributed by atoms with Gasteiger partial charge >= 0.3 is 0 Å². The minimum Gasteiger partial charge on any atom is -0.336 e. The molecule has 0 aliphatic carbocycles. The molecule has 0 aliphatic rings. The predicted molar refractivity (Wildman–Crippen MR) is 152 cm³/mol. The summed E-state index contributed by atoms with van der Waals surface area (Å²) in [5.74, 6) is 0. The van der Waals surface area contributed by atoms with Crippen molar-refractivity contribution in [2.45, 2.75) is 64.8 Å². The third kappa shape index (κ3) is 5.05. The van der Waals surface area contributed by atoms with E-state index >= 15 is 0 Å². The van der Waals surface area contributed by atoms with Crippen LogP contribution in [0.3, 0.4) is 0 Å². The highest BCUT2D eigenvalue weighted by Crippen LogP contribution is 2.38. The van der Waals surface area contributed by atoms with Crippen LogP contribution in [0.4, 0.5) is 11.4 Å². The summed E-state index contributed by atoms with van der Waals surface area (Å²) in [7, 11) is 0. The minimum atomic E-state index is -0.0626. The Morgan fingerprint density at radius 3 is 0.943 bits per heavy atom. The molecule has 0 bridgehead atoms. The number of nitrogens with zero attached hydrogens (tertiary/aromatic N) is 1. The van der Waals surface area contributed by atoms with Crippen molar-refractivity contribution in [3.05, 3.63) is 131 Å². The van der Waals surface area contributed by atoms with Crippen LogP contribution in [0, 0.1) is 0 Å². The molecule has 1 nitrogen and oxygen atoms in total. The van der Waals surface area contributed by atoms with E-state index in [4.69, 9.17) is 0 Å². The average Bonchev–Trinajstić information content (AvgIpc) is 2.85. The first kappa shape index (κ1) is 24.8. The van der Waals surface area contributed by atoms with E-state index in [1.807, 2.05) is 0 Å². The van der Waals surface area contributed by atoms with Crippen LogP contribution in [-0.4, -0.2) is 5.54 Å². The summed E-state index contributed by atoms with van der Waals surface area (Å²) in [5.41, 5.74) is 7.57. The van der Waals surface area contributed by atoms with Crippen LogP contribution < -0.4 is 4.90 Å². The lowest BCUT2D eigenvalue weighted by Gasteiger charge is -2.38. The van der Waals surface area contributed by atoms with E-state index in [-0.39, 0.29) is 16.4 Å². The van der Waals surface area contributed by atoms with Gasteiger partial charge in [0.2, 0.25) is 0 Å². The summed E-state index contributed by atoms with van der Waals surface area (Å²) in [6, 6.07) is 39.7. The Labute approximate surface area is 212 Å². The van der Waals surface area contributed by atoms with E-state index in [9.17, 15) is 0 Å². The van der Waals surface area contributed by atoms with E-state index in [0.717, 1.165) is 0 Å². The smallest absolute Gasteiger partial charge is 0.0416 e. The number of anilines is 2. The second-order valence-corrected chi connectivity index (χ2v) is 11.6. The molecule has 4 aromatic carbocycles. The molecule has 180 valence electrons. The molecule has 4 rings (SSSR count). The number of benzene rings is 4. The van der Waals surface area contributed by atoms with Crippen molar-refractivity contribution >= 4 is 11.4 Å². The van der Waals surface area contributed by atoms with Crippen LogP contribution in [0.25, 0.3) is 0 Å². The quantitative estimate of drug-likeness (QED) is 0.276. The van der Waals surface area contributed by atoms with Crippen LogP contribution in [0.5, 0.6) is 0 Å². The molecule has 0 amide bonds. The van der Waals surface area contributed by atoms with Gasteiger partial charge in [-0.3, -0.25) is 0 Å². The standard InChI is InChI=1S/C34H39N/c1-32(2,3)35(30-22-18-28(19-23-30)33(4,5)26-14-10-8-11-15-26)31-24-20-29(21-25-31)34(6,7)27-16-12-9-13-17-27/h8-25H,1-7H3. The van der Waals surface area contributed by atoms with Crippen molar-refractivity contribution in [3.63, 3.8) is 0 Å². The third-order valence-corrected chi connectivity index (χ3v) is 7.36. The highest BCUT2D eigenvalue weighted by molar-refractivity contribution is 5.66. The molecular weight excluding hydrogens is 422 g/mol. The van der Waals surface area contributed by atoms with E-state index in [2.05, 4.69) is 163 Å². The molecule has 0 saturated carbocycles. The first-order valence-electron chi connectivity index (χ1n) is 12.6. The summed E-state index contributed by atoms with van der Waals surface area (Å²) in [6.45, 7) is 16.0. The van der Waals surface area contributed by atoms with Gasteiger partial charge in [-0.05, 0) is 67.3 Å². The normalized spacial score (nSPS) is 12.4. The van der Waals surface area contributed by atoms with Crippen molar-refractivity contribution in [2.24, 2.45) is 0 Å². The largest absolute Gasteiger partial charge is 0.336 e. The fourth-order valence-corrected chi connectivity index (χ4v) is 5.02. The average molecular weight is 462 g/mol. The second-order valence-electron chi connectivity index (χ2n) is 11.6. The molecular formula is C34H39N. The molecule has 1 heteroatoms. The zero-order valence-corrected chi connectivity index (χ0v) is 22.3. The van der Waals surface area contributed by atoms with Gasteiger partial charge < -0.3 is 4.90 Å². The molecule has 0 aromatic heterocycles. The summed E-state index contributed by atoms with van der Waals surface area (Å²) < 4.78 is 0. The lowest BCUT2D eigenvalue weighted by molar-refractivity contribution is 0.559. The maximum Gasteiger partial charge on any atom is 0.0416 e. The molecule has 0 unspecified atom stereocenters. The van der Waals surface area contributed by atoms with Gasteiger partial charge in [-0.25, -0.2) is 0 Å². The maximum atomic E-state index is 2.44. The Balaban J connectivity index is 1.66. The second kappa shape index (κ2) is 9.38. The van der Waals surface area contributed by atoms with Gasteiger partial charge in [0, 0.05) is 27.7 Å². The van der Waals surface area contributed by atoms with Crippen molar-refractivity contribution < 1.29 is 0 Å². The lowest BCUT2D eigenvalue weighted by Crippen LogP contribution is -2.37. The Bertz CT molecular complexity index is 1130. The van der Waals surface area contributed by atoms with Crippen molar-refractivity contribution in [2.75, 3.05) is 4.90 Å². The SMILES string of the molecule is CC(C)(c1ccccc1)c1ccc(N(c2ccc(C(C)(C)c3ccccc3)cc2)C(C)(C)C)cc1. The monoisotopic (exact) mass is 461 g/mol. The Morgan fingerprint density at radius 2 is 0.657 bits per heavy atom. The molecule has 0 saturated heterocycles. The highest BCUT2D eigenvalue weighted by atomic mass is 15.2. The zero-order chi connectivity index (χ0) is 25.3. The van der Waals surface area contributed by atoms with Crippen LogP contribution in [0.15, 0.2) is 109 Å². The van der Waals surface area contributed by atoms with Gasteiger partial charge in [0.15, 0.2) is 0 Å². The molecule has 0 radical (unpaired) electrons. The van der Waals surface area contributed by atoms with Gasteiger partial charge in [0.25, 0.3) is 0 Å². The Hall–Kier alpha value is -3.32. The molecule has 35 heavy (non-hydrogen) atoms. The van der Waals surface area contributed by atoms with Crippen LogP contribution in [0.2, 0.25) is 0 Å². The maximum absolute atomic E-state index is 2.44. The van der Waals surface area contributed by atoms with Gasteiger partial charge in [-0.2, -0.15) is 0 Å². The summed E-state index contributed by atoms with van der Waals surface area (Å²) in [5, 5.41) is 0. The van der Waals surface area contributed by atoms with Crippen molar-refractivity contribution in [1.82, 2.24) is 0 Å². The van der Waals surface area contributed by atoms with Crippen LogP contribution in [0.1, 0.15) is 70.7 Å². The topological polar surface area (TPSA) is 3.24 Å². The first-order chi connectivity index (χ1) is 16.5. The molecule has 0 spiro atoms. The zero-order valence-electron chi connectivity index (χ0n) is 22.3. The summed E-state index contributed by atoms with van der Waals surface area (Å²) in [4.78, 5) is 2.44. The van der Waals surface area contributed by atoms with Crippen LogP contribution >= 0.6 is 0 Å². The number of rotatable bonds is 6. The highest BCUT2D eigenvalue weighted by Gasteiger charge is 2.27. The number of hydrogen-bond donors (Lipinski definition) is 0. The minimum absolute atomic E-state index is 0.0446. The molecule has 4 aromatic rings. The van der Waals surface area contributed by atoms with Crippen molar-refractivity contribution in [1.29, 1.82) is 0 Å².